The minimum absolute atomic E-state index is 0.0295. The van der Waals surface area contributed by atoms with E-state index in [0.717, 1.165) is 5.69 Å². The van der Waals surface area contributed by atoms with E-state index >= 15 is 0 Å². The molecule has 19 heavy (non-hydrogen) atoms. The van der Waals surface area contributed by atoms with Crippen LogP contribution in [-0.2, 0) is 0 Å². The average molecular weight is 264 g/mol. The molecule has 1 aromatic carbocycles. The number of aromatic hydroxyl groups is 1. The largest absolute Gasteiger partial charge is 0.507 e. The second-order valence-corrected chi connectivity index (χ2v) is 5.50. The normalized spacial score (nSPS) is 10.9. The first-order valence-electron chi connectivity index (χ1n) is 6.58. The number of hydrogen-bond donors (Lipinski definition) is 1. The third-order valence-corrected chi connectivity index (χ3v) is 3.07. The smallest absolute Gasteiger partial charge is 0.258 e. The lowest BCUT2D eigenvalue weighted by atomic mass is 10.1. The molecule has 0 aliphatic heterocycles. The molecular formula is C15H24N2O2. The van der Waals surface area contributed by atoms with E-state index in [1.165, 1.54) is 0 Å². The number of phenols is 1. The molecule has 0 heterocycles. The zero-order valence-corrected chi connectivity index (χ0v) is 12.6. The third-order valence-electron chi connectivity index (χ3n) is 3.07. The molecule has 1 N–H and O–H groups in total. The van der Waals surface area contributed by atoms with Gasteiger partial charge in [-0.05, 0) is 45.9 Å². The molecule has 1 rings (SSSR count). The predicted molar refractivity (Wildman–Crippen MR) is 78.9 cm³/mol. The summed E-state index contributed by atoms with van der Waals surface area (Å²) in [6, 6.07) is 5.28. The molecule has 0 unspecified atom stereocenters. The number of carbonyl (C=O) groups excluding carboxylic acids is 1. The van der Waals surface area contributed by atoms with E-state index in [4.69, 9.17) is 0 Å². The van der Waals surface area contributed by atoms with Gasteiger partial charge in [0.15, 0.2) is 0 Å². The lowest BCUT2D eigenvalue weighted by Crippen LogP contribution is -2.42. The van der Waals surface area contributed by atoms with Crippen LogP contribution in [0.4, 0.5) is 5.69 Å². The lowest BCUT2D eigenvalue weighted by molar-refractivity contribution is 0.0641. The van der Waals surface area contributed by atoms with E-state index in [9.17, 15) is 9.90 Å². The second-order valence-electron chi connectivity index (χ2n) is 5.50. The monoisotopic (exact) mass is 264 g/mol. The Kier molecular flexibility index (Phi) is 4.81. The molecule has 0 spiro atoms. The summed E-state index contributed by atoms with van der Waals surface area (Å²) in [4.78, 5) is 16.3. The Morgan fingerprint density at radius 3 is 2.05 bits per heavy atom. The van der Waals surface area contributed by atoms with Crippen molar-refractivity contribution < 1.29 is 9.90 Å². The molecule has 106 valence electrons. The Labute approximate surface area is 115 Å². The topological polar surface area (TPSA) is 43.8 Å². The van der Waals surface area contributed by atoms with Gasteiger partial charge in [-0.25, -0.2) is 0 Å². The fourth-order valence-electron chi connectivity index (χ4n) is 2.18. The van der Waals surface area contributed by atoms with Gasteiger partial charge in [0.05, 0.1) is 5.56 Å². The van der Waals surface area contributed by atoms with E-state index in [0.29, 0.717) is 5.56 Å². The van der Waals surface area contributed by atoms with Gasteiger partial charge in [0.2, 0.25) is 0 Å². The minimum atomic E-state index is -0.133. The molecule has 0 saturated carbocycles. The molecule has 0 aliphatic rings. The fraction of sp³-hybridized carbons (Fsp3) is 0.533. The Bertz CT molecular complexity index is 445. The van der Waals surface area contributed by atoms with E-state index in [1.807, 2.05) is 46.7 Å². The van der Waals surface area contributed by atoms with Crippen LogP contribution in [-0.4, -0.2) is 42.1 Å². The van der Waals surface area contributed by atoms with E-state index in [1.54, 1.807) is 23.1 Å². The standard InChI is InChI=1S/C15H24N2O2/c1-10(2)17(11(3)4)15(19)13-9-12(16(5)6)7-8-14(13)18/h7-11,18H,1-6H3. The van der Waals surface area contributed by atoms with Crippen LogP contribution in [0.2, 0.25) is 0 Å². The molecule has 4 heteroatoms. The van der Waals surface area contributed by atoms with Gasteiger partial charge in [-0.3, -0.25) is 4.79 Å². The summed E-state index contributed by atoms with van der Waals surface area (Å²) < 4.78 is 0. The maximum Gasteiger partial charge on any atom is 0.258 e. The highest BCUT2D eigenvalue weighted by Gasteiger charge is 2.24. The highest BCUT2D eigenvalue weighted by molar-refractivity contribution is 5.98. The summed E-state index contributed by atoms with van der Waals surface area (Å²) in [5.41, 5.74) is 1.25. The van der Waals surface area contributed by atoms with Crippen molar-refractivity contribution >= 4 is 11.6 Å². The molecule has 0 bridgehead atoms. The van der Waals surface area contributed by atoms with Gasteiger partial charge in [0.1, 0.15) is 5.75 Å². The van der Waals surface area contributed by atoms with E-state index < -0.39 is 0 Å². The first kappa shape index (κ1) is 15.3. The van der Waals surface area contributed by atoms with Gasteiger partial charge in [-0.2, -0.15) is 0 Å². The fourth-order valence-corrected chi connectivity index (χ4v) is 2.18. The SMILES string of the molecule is CC(C)N(C(=O)c1cc(N(C)C)ccc1O)C(C)C. The highest BCUT2D eigenvalue weighted by Crippen LogP contribution is 2.25. The average Bonchev–Trinajstić information content (AvgIpc) is 2.27. The molecule has 0 aromatic heterocycles. The molecule has 4 nitrogen and oxygen atoms in total. The van der Waals surface area contributed by atoms with Crippen molar-refractivity contribution in [3.63, 3.8) is 0 Å². The summed E-state index contributed by atoms with van der Waals surface area (Å²) in [5.74, 6) is -0.104. The Balaban J connectivity index is 3.20. The number of rotatable bonds is 4. The van der Waals surface area contributed by atoms with Crippen LogP contribution in [0.3, 0.4) is 0 Å². The summed E-state index contributed by atoms with van der Waals surface area (Å²) >= 11 is 0. The van der Waals surface area contributed by atoms with Crippen LogP contribution in [0.15, 0.2) is 18.2 Å². The van der Waals surface area contributed by atoms with Crippen LogP contribution >= 0.6 is 0 Å². The van der Waals surface area contributed by atoms with Crippen molar-refractivity contribution in [2.75, 3.05) is 19.0 Å². The Morgan fingerprint density at radius 1 is 1.11 bits per heavy atom. The Morgan fingerprint density at radius 2 is 1.63 bits per heavy atom. The summed E-state index contributed by atoms with van der Waals surface area (Å²) in [5, 5.41) is 9.93. The molecule has 1 aromatic rings. The zero-order chi connectivity index (χ0) is 14.7. The number of anilines is 1. The van der Waals surface area contributed by atoms with Crippen LogP contribution in [0.1, 0.15) is 38.1 Å². The quantitative estimate of drug-likeness (QED) is 0.909. The number of amides is 1. The predicted octanol–water partition coefficient (Wildman–Crippen LogP) is 2.72. The van der Waals surface area contributed by atoms with Gasteiger partial charge in [-0.1, -0.05) is 0 Å². The third kappa shape index (κ3) is 3.40. The molecule has 0 atom stereocenters. The minimum Gasteiger partial charge on any atom is -0.507 e. The lowest BCUT2D eigenvalue weighted by Gasteiger charge is -2.31. The summed E-state index contributed by atoms with van der Waals surface area (Å²) in [6.07, 6.45) is 0. The van der Waals surface area contributed by atoms with Crippen molar-refractivity contribution in [3.8, 4) is 5.75 Å². The molecule has 0 saturated heterocycles. The van der Waals surface area contributed by atoms with E-state index in [-0.39, 0.29) is 23.7 Å². The van der Waals surface area contributed by atoms with Crippen LogP contribution < -0.4 is 4.90 Å². The molecular weight excluding hydrogens is 240 g/mol. The first-order chi connectivity index (χ1) is 8.75. The van der Waals surface area contributed by atoms with Crippen LogP contribution in [0.5, 0.6) is 5.75 Å². The van der Waals surface area contributed by atoms with Crippen molar-refractivity contribution in [2.45, 2.75) is 39.8 Å². The second kappa shape index (κ2) is 5.95. The van der Waals surface area contributed by atoms with Crippen molar-refractivity contribution in [3.05, 3.63) is 23.8 Å². The van der Waals surface area contributed by atoms with Gasteiger partial charge < -0.3 is 14.9 Å². The molecule has 0 radical (unpaired) electrons. The van der Waals surface area contributed by atoms with Crippen LogP contribution in [0, 0.1) is 0 Å². The molecule has 0 aliphatic carbocycles. The summed E-state index contributed by atoms with van der Waals surface area (Å²) in [6.45, 7) is 7.91. The van der Waals surface area contributed by atoms with Gasteiger partial charge in [-0.15, -0.1) is 0 Å². The number of hydrogen-bond acceptors (Lipinski definition) is 3. The Hall–Kier alpha value is -1.71. The van der Waals surface area contributed by atoms with Gasteiger partial charge >= 0.3 is 0 Å². The highest BCUT2D eigenvalue weighted by atomic mass is 16.3. The van der Waals surface area contributed by atoms with Gasteiger partial charge in [0, 0.05) is 31.9 Å². The molecule has 0 fully saturated rings. The van der Waals surface area contributed by atoms with E-state index in [2.05, 4.69) is 0 Å². The van der Waals surface area contributed by atoms with Crippen LogP contribution in [0.25, 0.3) is 0 Å². The summed E-state index contributed by atoms with van der Waals surface area (Å²) in [7, 11) is 3.81. The first-order valence-corrected chi connectivity index (χ1v) is 6.58. The number of nitrogens with zero attached hydrogens (tertiary/aromatic N) is 2. The zero-order valence-electron chi connectivity index (χ0n) is 12.6. The molecule has 1 amide bonds. The number of phenolic OH excluding ortho intramolecular Hbond substituents is 1. The van der Waals surface area contributed by atoms with Crippen molar-refractivity contribution in [2.24, 2.45) is 0 Å². The van der Waals surface area contributed by atoms with Gasteiger partial charge in [0.25, 0.3) is 5.91 Å². The number of benzene rings is 1. The number of carbonyl (C=O) groups is 1. The van der Waals surface area contributed by atoms with Crippen molar-refractivity contribution in [1.29, 1.82) is 0 Å². The maximum atomic E-state index is 12.6. The van der Waals surface area contributed by atoms with Crippen molar-refractivity contribution in [1.82, 2.24) is 4.90 Å². The maximum absolute atomic E-state index is 12.6.